The quantitative estimate of drug-likeness (QED) is 0.628. The molecule has 0 unspecified atom stereocenters. The van der Waals surface area contributed by atoms with E-state index in [1.54, 1.807) is 24.0 Å². The third-order valence-corrected chi connectivity index (χ3v) is 6.41. The number of benzene rings is 2. The fraction of sp³-hybridized carbons (Fsp3) is 0.300. The van der Waals surface area contributed by atoms with Crippen LogP contribution in [0.4, 0.5) is 0 Å². The van der Waals surface area contributed by atoms with Gasteiger partial charge < -0.3 is 9.32 Å². The van der Waals surface area contributed by atoms with Crippen LogP contribution < -0.4 is 5.43 Å². The molecule has 0 aliphatic heterocycles. The third kappa shape index (κ3) is 3.35. The van der Waals surface area contributed by atoms with E-state index in [1.165, 1.54) is 24.3 Å². The normalized spacial score (nSPS) is 11.8. The van der Waals surface area contributed by atoms with Crippen molar-refractivity contribution in [2.45, 2.75) is 25.7 Å². The molecule has 142 valence electrons. The van der Waals surface area contributed by atoms with Crippen molar-refractivity contribution in [3.05, 3.63) is 52.2 Å². The molecule has 0 aliphatic rings. The molecule has 0 saturated heterocycles. The summed E-state index contributed by atoms with van der Waals surface area (Å²) < 4.78 is 29.9. The second-order valence-electron chi connectivity index (χ2n) is 6.18. The number of amides is 1. The SMILES string of the molecule is CCN(CC)C(=O)c1ccc2oc3cc(S(=O)(=O)CC)ccc3c(=O)c2c1. The average molecular weight is 387 g/mol. The van der Waals surface area contributed by atoms with E-state index in [9.17, 15) is 18.0 Å². The van der Waals surface area contributed by atoms with E-state index in [0.29, 0.717) is 29.6 Å². The van der Waals surface area contributed by atoms with Gasteiger partial charge in [0, 0.05) is 24.7 Å². The molecule has 3 aromatic rings. The highest BCUT2D eigenvalue weighted by Crippen LogP contribution is 2.23. The van der Waals surface area contributed by atoms with Crippen LogP contribution in [0, 0.1) is 0 Å². The van der Waals surface area contributed by atoms with Gasteiger partial charge in [0.05, 0.1) is 21.4 Å². The molecule has 0 saturated carbocycles. The van der Waals surface area contributed by atoms with Crippen molar-refractivity contribution in [3.8, 4) is 0 Å². The van der Waals surface area contributed by atoms with E-state index in [0.717, 1.165) is 0 Å². The van der Waals surface area contributed by atoms with E-state index in [2.05, 4.69) is 0 Å². The Morgan fingerprint density at radius 1 is 0.963 bits per heavy atom. The maximum absolute atomic E-state index is 12.9. The van der Waals surface area contributed by atoms with Crippen LogP contribution in [0.3, 0.4) is 0 Å². The van der Waals surface area contributed by atoms with Crippen LogP contribution in [0.1, 0.15) is 31.1 Å². The molecule has 1 amide bonds. The fourth-order valence-electron chi connectivity index (χ4n) is 3.02. The summed E-state index contributed by atoms with van der Waals surface area (Å²) in [5.74, 6) is -0.182. The number of fused-ring (bicyclic) bond motifs is 2. The second kappa shape index (κ2) is 7.15. The van der Waals surface area contributed by atoms with Gasteiger partial charge in [0.25, 0.3) is 5.91 Å². The van der Waals surface area contributed by atoms with Crippen LogP contribution in [0.5, 0.6) is 0 Å². The number of hydrogen-bond acceptors (Lipinski definition) is 5. The van der Waals surface area contributed by atoms with Gasteiger partial charge in [0.2, 0.25) is 5.43 Å². The minimum atomic E-state index is -3.40. The van der Waals surface area contributed by atoms with E-state index < -0.39 is 9.84 Å². The summed E-state index contributed by atoms with van der Waals surface area (Å²) in [5, 5.41) is 0.580. The lowest BCUT2D eigenvalue weighted by Crippen LogP contribution is -2.30. The molecule has 0 aliphatic carbocycles. The highest BCUT2D eigenvalue weighted by molar-refractivity contribution is 7.91. The topological polar surface area (TPSA) is 84.7 Å². The molecular formula is C20H21NO5S. The highest BCUT2D eigenvalue weighted by atomic mass is 32.2. The average Bonchev–Trinajstić information content (AvgIpc) is 2.68. The smallest absolute Gasteiger partial charge is 0.253 e. The number of sulfone groups is 1. The minimum Gasteiger partial charge on any atom is -0.456 e. The van der Waals surface area contributed by atoms with Crippen LogP contribution >= 0.6 is 0 Å². The van der Waals surface area contributed by atoms with Gasteiger partial charge in [-0.1, -0.05) is 6.92 Å². The van der Waals surface area contributed by atoms with Gasteiger partial charge in [-0.3, -0.25) is 9.59 Å². The van der Waals surface area contributed by atoms with Gasteiger partial charge in [-0.25, -0.2) is 8.42 Å². The Balaban J connectivity index is 2.21. The van der Waals surface area contributed by atoms with E-state index >= 15 is 0 Å². The molecule has 2 aromatic carbocycles. The molecule has 0 N–H and O–H groups in total. The Hall–Kier alpha value is -2.67. The van der Waals surface area contributed by atoms with Crippen molar-refractivity contribution < 1.29 is 17.6 Å². The monoisotopic (exact) mass is 387 g/mol. The molecular weight excluding hydrogens is 366 g/mol. The molecule has 1 aromatic heterocycles. The molecule has 0 radical (unpaired) electrons. The Labute approximate surface area is 157 Å². The van der Waals surface area contributed by atoms with Gasteiger partial charge in [-0.2, -0.15) is 0 Å². The van der Waals surface area contributed by atoms with Crippen LogP contribution in [-0.4, -0.2) is 38.1 Å². The first-order valence-corrected chi connectivity index (χ1v) is 10.5. The molecule has 0 bridgehead atoms. The largest absolute Gasteiger partial charge is 0.456 e. The van der Waals surface area contributed by atoms with Crippen LogP contribution in [0.25, 0.3) is 21.9 Å². The first-order valence-electron chi connectivity index (χ1n) is 8.85. The predicted molar refractivity (Wildman–Crippen MR) is 105 cm³/mol. The van der Waals surface area contributed by atoms with Gasteiger partial charge in [0.1, 0.15) is 11.2 Å². The summed E-state index contributed by atoms with van der Waals surface area (Å²) >= 11 is 0. The molecule has 0 spiro atoms. The number of nitrogens with zero attached hydrogens (tertiary/aromatic N) is 1. The minimum absolute atomic E-state index is 0.0346. The maximum atomic E-state index is 12.9. The summed E-state index contributed by atoms with van der Waals surface area (Å²) in [5.41, 5.74) is 0.656. The molecule has 1 heterocycles. The van der Waals surface area contributed by atoms with Gasteiger partial charge >= 0.3 is 0 Å². The zero-order valence-electron chi connectivity index (χ0n) is 15.5. The lowest BCUT2D eigenvalue weighted by molar-refractivity contribution is 0.0773. The van der Waals surface area contributed by atoms with Gasteiger partial charge in [0.15, 0.2) is 9.84 Å². The van der Waals surface area contributed by atoms with Gasteiger partial charge in [-0.05, 0) is 44.2 Å². The Morgan fingerprint density at radius 3 is 2.30 bits per heavy atom. The van der Waals surface area contributed by atoms with E-state index in [4.69, 9.17) is 4.42 Å². The van der Waals surface area contributed by atoms with Crippen molar-refractivity contribution in [2.24, 2.45) is 0 Å². The van der Waals surface area contributed by atoms with Crippen molar-refractivity contribution in [1.29, 1.82) is 0 Å². The number of carbonyl (C=O) groups is 1. The Kier molecular flexibility index (Phi) is 5.06. The fourth-order valence-corrected chi connectivity index (χ4v) is 3.92. The van der Waals surface area contributed by atoms with Crippen molar-refractivity contribution >= 4 is 37.7 Å². The van der Waals surface area contributed by atoms with Crippen LogP contribution in [-0.2, 0) is 9.84 Å². The summed E-state index contributed by atoms with van der Waals surface area (Å²) in [4.78, 5) is 27.2. The third-order valence-electron chi connectivity index (χ3n) is 4.68. The van der Waals surface area contributed by atoms with Crippen LogP contribution in [0.2, 0.25) is 0 Å². The molecule has 6 nitrogen and oxygen atoms in total. The number of carbonyl (C=O) groups excluding carboxylic acids is 1. The van der Waals surface area contributed by atoms with Crippen molar-refractivity contribution in [1.82, 2.24) is 4.90 Å². The molecule has 3 rings (SSSR count). The lowest BCUT2D eigenvalue weighted by Gasteiger charge is -2.18. The van der Waals surface area contributed by atoms with Gasteiger partial charge in [-0.15, -0.1) is 0 Å². The van der Waals surface area contributed by atoms with Crippen molar-refractivity contribution in [3.63, 3.8) is 0 Å². The Bertz CT molecular complexity index is 1190. The first kappa shape index (κ1) is 19.1. The zero-order chi connectivity index (χ0) is 19.8. The van der Waals surface area contributed by atoms with E-state index in [-0.39, 0.29) is 33.0 Å². The summed E-state index contributed by atoms with van der Waals surface area (Å²) in [7, 11) is -3.40. The van der Waals surface area contributed by atoms with Crippen molar-refractivity contribution in [2.75, 3.05) is 18.8 Å². The van der Waals surface area contributed by atoms with Crippen LogP contribution in [0.15, 0.2) is 50.5 Å². The first-order chi connectivity index (χ1) is 12.8. The highest BCUT2D eigenvalue weighted by Gasteiger charge is 2.17. The molecule has 7 heteroatoms. The lowest BCUT2D eigenvalue weighted by atomic mass is 10.1. The molecule has 0 fully saturated rings. The second-order valence-corrected chi connectivity index (χ2v) is 8.46. The summed E-state index contributed by atoms with van der Waals surface area (Å²) in [6.07, 6.45) is 0. The summed E-state index contributed by atoms with van der Waals surface area (Å²) in [6.45, 7) is 6.51. The summed E-state index contributed by atoms with van der Waals surface area (Å²) in [6, 6.07) is 8.98. The standard InChI is InChI=1S/C20H21NO5S/c1-4-21(5-2)20(23)13-7-10-17-16(11-13)19(22)15-9-8-14(12-18(15)26-17)27(24,25)6-3/h7-12H,4-6H2,1-3H3. The number of rotatable bonds is 5. The molecule has 27 heavy (non-hydrogen) atoms. The zero-order valence-corrected chi connectivity index (χ0v) is 16.3. The Morgan fingerprint density at radius 2 is 1.67 bits per heavy atom. The predicted octanol–water partition coefficient (Wildman–Crippen LogP) is 3.22. The van der Waals surface area contributed by atoms with E-state index in [1.807, 2.05) is 13.8 Å². The maximum Gasteiger partial charge on any atom is 0.253 e. The molecule has 0 atom stereocenters. The number of hydrogen-bond donors (Lipinski definition) is 0.